The zero-order valence-corrected chi connectivity index (χ0v) is 21.4. The lowest BCUT2D eigenvalue weighted by molar-refractivity contribution is -0.182. The van der Waals surface area contributed by atoms with Gasteiger partial charge in [0.2, 0.25) is 5.95 Å². The number of hydrogen-bond donors (Lipinski definition) is 1. The van der Waals surface area contributed by atoms with E-state index in [1.54, 1.807) is 7.05 Å². The molecular formula is C23H29IN6O4. The van der Waals surface area contributed by atoms with Crippen molar-refractivity contribution in [1.82, 2.24) is 24.0 Å². The molecule has 10 nitrogen and oxygen atoms in total. The molecule has 0 amide bonds. The molecule has 2 saturated heterocycles. The summed E-state index contributed by atoms with van der Waals surface area (Å²) in [6.07, 6.45) is 0.903. The summed E-state index contributed by atoms with van der Waals surface area (Å²) in [5.41, 5.74) is 1.26. The highest BCUT2D eigenvalue weighted by Crippen LogP contribution is 2.23. The van der Waals surface area contributed by atoms with Crippen molar-refractivity contribution in [3.05, 3.63) is 54.2 Å². The molecule has 0 bridgehead atoms. The average Bonchev–Trinajstić information content (AvgIpc) is 3.25. The van der Waals surface area contributed by atoms with Gasteiger partial charge < -0.3 is 19.7 Å². The van der Waals surface area contributed by atoms with Crippen LogP contribution >= 0.6 is 22.6 Å². The number of piperazine rings is 1. The molecule has 1 N–H and O–H groups in total. The first kappa shape index (κ1) is 23.5. The SMILES string of the molecule is Cn1c(=O)n(CCC2OCCCO2)c(=O)c2c1nc(N1CCNCC1)n2Cc1ccccc1I. The van der Waals surface area contributed by atoms with Crippen molar-refractivity contribution in [2.75, 3.05) is 44.3 Å². The van der Waals surface area contributed by atoms with Crippen LogP contribution in [0.15, 0.2) is 33.9 Å². The van der Waals surface area contributed by atoms with Crippen molar-refractivity contribution in [2.45, 2.75) is 32.2 Å². The number of fused-ring (bicyclic) bond motifs is 1. The van der Waals surface area contributed by atoms with Crippen LogP contribution in [0.4, 0.5) is 5.95 Å². The third kappa shape index (κ3) is 4.53. The third-order valence-electron chi connectivity index (χ3n) is 6.38. The Balaban J connectivity index is 1.62. The van der Waals surface area contributed by atoms with E-state index in [0.717, 1.165) is 47.7 Å². The molecule has 2 aromatic heterocycles. The lowest BCUT2D eigenvalue weighted by Crippen LogP contribution is -2.44. The minimum atomic E-state index is -0.395. The van der Waals surface area contributed by atoms with Crippen LogP contribution in [0.5, 0.6) is 0 Å². The van der Waals surface area contributed by atoms with Gasteiger partial charge in [0.15, 0.2) is 17.5 Å². The standard InChI is InChI=1S/C23H29IN6O4/c1-27-20-19(21(31)29(23(27)32)10-7-18-33-13-4-14-34-18)30(15-16-5-2-3-6-17(16)24)22(26-20)28-11-8-25-9-12-28/h2-3,5-6,18,25H,4,7-15H2,1H3. The zero-order valence-electron chi connectivity index (χ0n) is 19.2. The second-order valence-corrected chi connectivity index (χ2v) is 9.77. The van der Waals surface area contributed by atoms with Crippen molar-refractivity contribution < 1.29 is 9.47 Å². The monoisotopic (exact) mass is 580 g/mol. The largest absolute Gasteiger partial charge is 0.353 e. The maximum atomic E-state index is 13.7. The Bertz CT molecular complexity index is 1290. The van der Waals surface area contributed by atoms with Gasteiger partial charge in [-0.1, -0.05) is 18.2 Å². The Morgan fingerprint density at radius 3 is 2.59 bits per heavy atom. The lowest BCUT2D eigenvalue weighted by Gasteiger charge is -2.28. The van der Waals surface area contributed by atoms with Crippen LogP contribution in [0.2, 0.25) is 0 Å². The van der Waals surface area contributed by atoms with Gasteiger partial charge >= 0.3 is 5.69 Å². The van der Waals surface area contributed by atoms with Gasteiger partial charge in [-0.05, 0) is 40.6 Å². The molecule has 0 atom stereocenters. The van der Waals surface area contributed by atoms with Crippen molar-refractivity contribution in [3.63, 3.8) is 0 Å². The molecule has 1 aromatic carbocycles. The fourth-order valence-electron chi connectivity index (χ4n) is 4.55. The number of hydrogen-bond acceptors (Lipinski definition) is 7. The van der Waals surface area contributed by atoms with E-state index in [0.29, 0.717) is 37.3 Å². The molecular weight excluding hydrogens is 551 g/mol. The summed E-state index contributed by atoms with van der Waals surface area (Å²) in [5.74, 6) is 0.722. The molecule has 0 aliphatic carbocycles. The number of benzene rings is 1. The summed E-state index contributed by atoms with van der Waals surface area (Å²) in [7, 11) is 1.68. The summed E-state index contributed by atoms with van der Waals surface area (Å²) in [6.45, 7) is 5.25. The molecule has 11 heteroatoms. The highest BCUT2D eigenvalue weighted by atomic mass is 127. The number of anilines is 1. The van der Waals surface area contributed by atoms with Gasteiger partial charge in [-0.15, -0.1) is 0 Å². The molecule has 3 aromatic rings. The van der Waals surface area contributed by atoms with Crippen LogP contribution < -0.4 is 21.5 Å². The molecule has 2 fully saturated rings. The summed E-state index contributed by atoms with van der Waals surface area (Å²) >= 11 is 2.32. The number of imidazole rings is 1. The maximum Gasteiger partial charge on any atom is 0.332 e. The van der Waals surface area contributed by atoms with E-state index in [2.05, 4.69) is 44.9 Å². The Kier molecular flexibility index (Phi) is 7.04. The quantitative estimate of drug-likeness (QED) is 0.437. The molecule has 4 heterocycles. The minimum Gasteiger partial charge on any atom is -0.353 e. The van der Waals surface area contributed by atoms with E-state index in [4.69, 9.17) is 14.5 Å². The molecule has 34 heavy (non-hydrogen) atoms. The first-order chi connectivity index (χ1) is 16.5. The fraction of sp³-hybridized carbons (Fsp3) is 0.522. The number of halogens is 1. The predicted octanol–water partition coefficient (Wildman–Crippen LogP) is 1.11. The molecule has 0 spiro atoms. The van der Waals surface area contributed by atoms with E-state index in [-0.39, 0.29) is 17.8 Å². The Morgan fingerprint density at radius 2 is 1.85 bits per heavy atom. The molecule has 2 aliphatic rings. The minimum absolute atomic E-state index is 0.225. The number of aromatic nitrogens is 4. The second-order valence-electron chi connectivity index (χ2n) is 8.61. The molecule has 2 aliphatic heterocycles. The lowest BCUT2D eigenvalue weighted by atomic mass is 10.2. The van der Waals surface area contributed by atoms with Crippen molar-refractivity contribution >= 4 is 39.7 Å². The third-order valence-corrected chi connectivity index (χ3v) is 7.44. The van der Waals surface area contributed by atoms with E-state index >= 15 is 0 Å². The van der Waals surface area contributed by atoms with Crippen LogP contribution in [0.25, 0.3) is 11.2 Å². The van der Waals surface area contributed by atoms with Crippen molar-refractivity contribution in [2.24, 2.45) is 7.05 Å². The van der Waals surface area contributed by atoms with Crippen LogP contribution in [0.1, 0.15) is 18.4 Å². The molecule has 0 radical (unpaired) electrons. The van der Waals surface area contributed by atoms with Crippen LogP contribution in [0.3, 0.4) is 0 Å². The van der Waals surface area contributed by atoms with Crippen LogP contribution in [-0.4, -0.2) is 64.4 Å². The highest BCUT2D eigenvalue weighted by Gasteiger charge is 2.25. The highest BCUT2D eigenvalue weighted by molar-refractivity contribution is 14.1. The summed E-state index contributed by atoms with van der Waals surface area (Å²) in [4.78, 5) is 33.9. The number of nitrogens with zero attached hydrogens (tertiary/aromatic N) is 5. The molecule has 0 saturated carbocycles. The Morgan fingerprint density at radius 1 is 1.12 bits per heavy atom. The van der Waals surface area contributed by atoms with Gasteiger partial charge in [-0.25, -0.2) is 4.79 Å². The van der Waals surface area contributed by atoms with Gasteiger partial charge in [0, 0.05) is 49.8 Å². The number of rotatable bonds is 6. The first-order valence-electron chi connectivity index (χ1n) is 11.7. The zero-order chi connectivity index (χ0) is 23.7. The predicted molar refractivity (Wildman–Crippen MR) is 138 cm³/mol. The first-order valence-corrected chi connectivity index (χ1v) is 12.7. The maximum absolute atomic E-state index is 13.7. The number of aryl methyl sites for hydroxylation is 1. The molecule has 5 rings (SSSR count). The Labute approximate surface area is 210 Å². The smallest absolute Gasteiger partial charge is 0.332 e. The normalized spacial score (nSPS) is 17.5. The summed E-state index contributed by atoms with van der Waals surface area (Å²) in [6, 6.07) is 8.12. The average molecular weight is 580 g/mol. The van der Waals surface area contributed by atoms with Crippen molar-refractivity contribution in [1.29, 1.82) is 0 Å². The fourth-order valence-corrected chi connectivity index (χ4v) is 5.11. The van der Waals surface area contributed by atoms with E-state index in [1.807, 2.05) is 16.7 Å². The topological polar surface area (TPSA) is 95.5 Å². The van der Waals surface area contributed by atoms with Crippen LogP contribution in [-0.2, 0) is 29.6 Å². The van der Waals surface area contributed by atoms with E-state index in [1.165, 1.54) is 9.13 Å². The van der Waals surface area contributed by atoms with E-state index in [9.17, 15) is 9.59 Å². The van der Waals surface area contributed by atoms with Gasteiger partial charge in [0.05, 0.1) is 19.8 Å². The summed E-state index contributed by atoms with van der Waals surface area (Å²) < 4.78 is 17.1. The van der Waals surface area contributed by atoms with E-state index < -0.39 is 6.29 Å². The van der Waals surface area contributed by atoms with Crippen LogP contribution in [0, 0.1) is 3.57 Å². The van der Waals surface area contributed by atoms with Gasteiger partial charge in [-0.2, -0.15) is 4.98 Å². The molecule has 182 valence electrons. The van der Waals surface area contributed by atoms with Gasteiger partial charge in [0.25, 0.3) is 5.56 Å². The van der Waals surface area contributed by atoms with Gasteiger partial charge in [-0.3, -0.25) is 18.5 Å². The second kappa shape index (κ2) is 10.2. The number of ether oxygens (including phenoxy) is 2. The van der Waals surface area contributed by atoms with Gasteiger partial charge in [0.1, 0.15) is 0 Å². The number of nitrogens with one attached hydrogen (secondary N) is 1. The summed E-state index contributed by atoms with van der Waals surface area (Å²) in [5, 5.41) is 3.36. The Hall–Kier alpha value is -2.22. The van der Waals surface area contributed by atoms with Crippen molar-refractivity contribution in [3.8, 4) is 0 Å². The molecule has 0 unspecified atom stereocenters.